The Kier molecular flexibility index (Phi) is 4.72. The molecule has 1 rings (SSSR count). The van der Waals surface area contributed by atoms with Crippen LogP contribution in [0.1, 0.15) is 20.3 Å². The molecule has 0 atom stereocenters. The Morgan fingerprint density at radius 3 is 2.40 bits per heavy atom. The minimum atomic E-state index is -3.51. The normalized spacial score (nSPS) is 12.4. The van der Waals surface area contributed by atoms with Gasteiger partial charge in [0, 0.05) is 25.8 Å². The van der Waals surface area contributed by atoms with Crippen LogP contribution in [0.4, 0.5) is 5.82 Å². The first-order valence-electron chi connectivity index (χ1n) is 5.93. The standard InChI is InChI=1S/C12H19N3O4S/c1-12(2,7-11(16)17)14-10-6-5-9(8-13-10)20(18,19)15(3)4/h5-6,8H,7H2,1-4H3,(H,13,14)(H,16,17). The summed E-state index contributed by atoms with van der Waals surface area (Å²) in [6.45, 7) is 3.46. The summed E-state index contributed by atoms with van der Waals surface area (Å²) < 4.78 is 24.8. The zero-order valence-corrected chi connectivity index (χ0v) is 12.7. The molecule has 0 amide bonds. The van der Waals surface area contributed by atoms with E-state index in [2.05, 4.69) is 10.3 Å². The maximum absolute atomic E-state index is 11.9. The van der Waals surface area contributed by atoms with Crippen molar-refractivity contribution >= 4 is 21.8 Å². The molecule has 20 heavy (non-hydrogen) atoms. The van der Waals surface area contributed by atoms with Crippen LogP contribution >= 0.6 is 0 Å². The van der Waals surface area contributed by atoms with Crippen molar-refractivity contribution in [2.75, 3.05) is 19.4 Å². The number of aromatic nitrogens is 1. The second kappa shape index (κ2) is 5.76. The van der Waals surface area contributed by atoms with Crippen molar-refractivity contribution in [3.05, 3.63) is 18.3 Å². The van der Waals surface area contributed by atoms with Crippen molar-refractivity contribution in [2.45, 2.75) is 30.7 Å². The molecule has 1 heterocycles. The van der Waals surface area contributed by atoms with Crippen molar-refractivity contribution < 1.29 is 18.3 Å². The highest BCUT2D eigenvalue weighted by Crippen LogP contribution is 2.18. The molecule has 0 saturated carbocycles. The molecule has 0 saturated heterocycles. The van der Waals surface area contributed by atoms with Crippen LogP contribution in [-0.4, -0.2) is 48.4 Å². The predicted octanol–water partition coefficient (Wildman–Crippen LogP) is 0.997. The van der Waals surface area contributed by atoms with Crippen LogP contribution in [-0.2, 0) is 14.8 Å². The number of hydrogen-bond donors (Lipinski definition) is 2. The molecule has 2 N–H and O–H groups in total. The predicted molar refractivity (Wildman–Crippen MR) is 75.1 cm³/mol. The largest absolute Gasteiger partial charge is 0.481 e. The Labute approximate surface area is 118 Å². The molecule has 0 aliphatic heterocycles. The van der Waals surface area contributed by atoms with E-state index in [9.17, 15) is 13.2 Å². The van der Waals surface area contributed by atoms with Crippen LogP contribution in [0, 0.1) is 0 Å². The lowest BCUT2D eigenvalue weighted by molar-refractivity contribution is -0.137. The van der Waals surface area contributed by atoms with Crippen molar-refractivity contribution in [3.63, 3.8) is 0 Å². The zero-order valence-electron chi connectivity index (χ0n) is 11.9. The van der Waals surface area contributed by atoms with E-state index in [-0.39, 0.29) is 11.3 Å². The molecule has 0 radical (unpaired) electrons. The third-order valence-electron chi connectivity index (χ3n) is 2.57. The fraction of sp³-hybridized carbons (Fsp3) is 0.500. The summed E-state index contributed by atoms with van der Waals surface area (Å²) in [7, 11) is -0.624. The van der Waals surface area contributed by atoms with Gasteiger partial charge in [-0.15, -0.1) is 0 Å². The number of nitrogens with one attached hydrogen (secondary N) is 1. The van der Waals surface area contributed by atoms with Gasteiger partial charge in [-0.25, -0.2) is 17.7 Å². The van der Waals surface area contributed by atoms with E-state index in [1.807, 2.05) is 0 Å². The Morgan fingerprint density at radius 1 is 1.40 bits per heavy atom. The molecule has 1 aromatic heterocycles. The van der Waals surface area contributed by atoms with Gasteiger partial charge in [0.2, 0.25) is 10.0 Å². The molecule has 0 aliphatic rings. The van der Waals surface area contributed by atoms with Gasteiger partial charge in [-0.3, -0.25) is 4.79 Å². The number of anilines is 1. The van der Waals surface area contributed by atoms with Gasteiger partial charge in [0.05, 0.1) is 6.42 Å². The van der Waals surface area contributed by atoms with Gasteiger partial charge in [0.15, 0.2) is 0 Å². The second-order valence-electron chi connectivity index (χ2n) is 5.25. The molecule has 7 nitrogen and oxygen atoms in total. The summed E-state index contributed by atoms with van der Waals surface area (Å²) in [5.41, 5.74) is -0.680. The molecule has 0 fully saturated rings. The molecular formula is C12H19N3O4S. The first-order chi connectivity index (χ1) is 9.04. The highest BCUT2D eigenvalue weighted by molar-refractivity contribution is 7.89. The molecule has 0 aliphatic carbocycles. The lowest BCUT2D eigenvalue weighted by atomic mass is 10.0. The second-order valence-corrected chi connectivity index (χ2v) is 7.40. The van der Waals surface area contributed by atoms with Crippen molar-refractivity contribution in [3.8, 4) is 0 Å². The average molecular weight is 301 g/mol. The Bertz CT molecular complexity index is 579. The number of pyridine rings is 1. The van der Waals surface area contributed by atoms with E-state index in [4.69, 9.17) is 5.11 Å². The SMILES string of the molecule is CN(C)S(=O)(=O)c1ccc(NC(C)(C)CC(=O)O)nc1. The number of hydrogen-bond acceptors (Lipinski definition) is 5. The molecule has 0 bridgehead atoms. The fourth-order valence-corrected chi connectivity index (χ4v) is 2.43. The lowest BCUT2D eigenvalue weighted by Crippen LogP contribution is -2.34. The minimum absolute atomic E-state index is 0.0770. The van der Waals surface area contributed by atoms with Gasteiger partial charge in [-0.2, -0.15) is 0 Å². The summed E-state index contributed by atoms with van der Waals surface area (Å²) in [4.78, 5) is 14.8. The zero-order chi connectivity index (χ0) is 15.6. The fourth-order valence-electron chi connectivity index (χ4n) is 1.59. The number of aliphatic carboxylic acids is 1. The highest BCUT2D eigenvalue weighted by atomic mass is 32.2. The first kappa shape index (κ1) is 16.4. The van der Waals surface area contributed by atoms with Gasteiger partial charge >= 0.3 is 5.97 Å². The van der Waals surface area contributed by atoms with E-state index in [0.29, 0.717) is 5.82 Å². The maximum atomic E-state index is 11.9. The Morgan fingerprint density at radius 2 is 2.00 bits per heavy atom. The smallest absolute Gasteiger partial charge is 0.305 e. The number of sulfonamides is 1. The summed E-state index contributed by atoms with van der Waals surface area (Å²) in [6.07, 6.45) is 1.17. The minimum Gasteiger partial charge on any atom is -0.481 e. The highest BCUT2D eigenvalue weighted by Gasteiger charge is 2.22. The molecule has 0 spiro atoms. The van der Waals surface area contributed by atoms with Gasteiger partial charge in [-0.1, -0.05) is 0 Å². The Hall–Kier alpha value is -1.67. The molecule has 112 valence electrons. The van der Waals surface area contributed by atoms with Crippen molar-refractivity contribution in [2.24, 2.45) is 0 Å². The summed E-state index contributed by atoms with van der Waals surface area (Å²) in [6, 6.07) is 2.95. The Balaban J connectivity index is 2.90. The quantitative estimate of drug-likeness (QED) is 0.813. The lowest BCUT2D eigenvalue weighted by Gasteiger charge is -2.25. The van der Waals surface area contributed by atoms with E-state index < -0.39 is 21.5 Å². The van der Waals surface area contributed by atoms with Crippen LogP contribution < -0.4 is 5.32 Å². The van der Waals surface area contributed by atoms with Gasteiger partial charge in [0.1, 0.15) is 10.7 Å². The maximum Gasteiger partial charge on any atom is 0.305 e. The number of rotatable bonds is 6. The van der Waals surface area contributed by atoms with E-state index in [0.717, 1.165) is 4.31 Å². The van der Waals surface area contributed by atoms with Crippen molar-refractivity contribution in [1.82, 2.24) is 9.29 Å². The van der Waals surface area contributed by atoms with E-state index in [1.54, 1.807) is 13.8 Å². The molecule has 0 aromatic carbocycles. The topological polar surface area (TPSA) is 99.6 Å². The number of nitrogens with zero attached hydrogens (tertiary/aromatic N) is 2. The monoisotopic (exact) mass is 301 g/mol. The molecular weight excluding hydrogens is 282 g/mol. The summed E-state index contributed by atoms with van der Waals surface area (Å²) in [5.74, 6) is -0.497. The average Bonchev–Trinajstić information content (AvgIpc) is 2.26. The van der Waals surface area contributed by atoms with E-state index in [1.165, 1.54) is 32.4 Å². The summed E-state index contributed by atoms with van der Waals surface area (Å²) >= 11 is 0. The van der Waals surface area contributed by atoms with Crippen LogP contribution in [0.15, 0.2) is 23.2 Å². The third kappa shape index (κ3) is 4.17. The number of carboxylic acid groups (broad SMARTS) is 1. The van der Waals surface area contributed by atoms with Crippen LogP contribution in [0.2, 0.25) is 0 Å². The van der Waals surface area contributed by atoms with Crippen LogP contribution in [0.25, 0.3) is 0 Å². The number of carboxylic acids is 1. The summed E-state index contributed by atoms with van der Waals surface area (Å²) in [5, 5.41) is 11.8. The first-order valence-corrected chi connectivity index (χ1v) is 7.37. The van der Waals surface area contributed by atoms with E-state index >= 15 is 0 Å². The molecule has 8 heteroatoms. The molecule has 1 aromatic rings. The molecule has 0 unspecified atom stereocenters. The van der Waals surface area contributed by atoms with Gasteiger partial charge < -0.3 is 10.4 Å². The van der Waals surface area contributed by atoms with Crippen LogP contribution in [0.3, 0.4) is 0 Å². The van der Waals surface area contributed by atoms with Gasteiger partial charge in [-0.05, 0) is 26.0 Å². The van der Waals surface area contributed by atoms with Crippen molar-refractivity contribution in [1.29, 1.82) is 0 Å². The number of carbonyl (C=O) groups is 1. The van der Waals surface area contributed by atoms with Crippen LogP contribution in [0.5, 0.6) is 0 Å². The third-order valence-corrected chi connectivity index (χ3v) is 4.37. The van der Waals surface area contributed by atoms with Gasteiger partial charge in [0.25, 0.3) is 0 Å².